The number of benzene rings is 1. The van der Waals surface area contributed by atoms with E-state index in [9.17, 15) is 0 Å². The highest BCUT2D eigenvalue weighted by molar-refractivity contribution is 14.0. The Hall–Kier alpha value is -1.65. The molecule has 172 valence electrons. The first kappa shape index (κ1) is 25.6. The molecule has 1 atom stereocenters. The summed E-state index contributed by atoms with van der Waals surface area (Å²) >= 11 is 0. The number of halogens is 1. The predicted octanol–water partition coefficient (Wildman–Crippen LogP) is 2.78. The van der Waals surface area contributed by atoms with Gasteiger partial charge in [-0.05, 0) is 43.9 Å². The van der Waals surface area contributed by atoms with Crippen LogP contribution in [0.15, 0.2) is 29.3 Å². The Kier molecular flexibility index (Phi) is 10.2. The van der Waals surface area contributed by atoms with Crippen LogP contribution in [-0.4, -0.2) is 60.0 Å². The minimum Gasteiger partial charge on any atom is -0.379 e. The fourth-order valence-corrected chi connectivity index (χ4v) is 3.96. The van der Waals surface area contributed by atoms with E-state index in [1.54, 1.807) is 0 Å². The third-order valence-electron chi connectivity index (χ3n) is 5.84. The van der Waals surface area contributed by atoms with Crippen molar-refractivity contribution in [1.82, 2.24) is 25.3 Å². The zero-order valence-electron chi connectivity index (χ0n) is 19.4. The van der Waals surface area contributed by atoms with Crippen LogP contribution < -0.4 is 10.6 Å². The van der Waals surface area contributed by atoms with E-state index in [0.29, 0.717) is 0 Å². The molecule has 3 rings (SSSR count). The number of aliphatic imine (C=N–C) groups is 1. The molecule has 1 aliphatic rings. The molecule has 8 heteroatoms. The van der Waals surface area contributed by atoms with Gasteiger partial charge in [0, 0.05) is 52.0 Å². The molecule has 1 saturated heterocycles. The molecule has 7 nitrogen and oxygen atoms in total. The van der Waals surface area contributed by atoms with Crippen LogP contribution in [0.25, 0.3) is 0 Å². The van der Waals surface area contributed by atoms with Gasteiger partial charge < -0.3 is 15.4 Å². The number of aryl methyl sites for hydroxylation is 2. The van der Waals surface area contributed by atoms with Crippen LogP contribution in [0.3, 0.4) is 0 Å². The third-order valence-corrected chi connectivity index (χ3v) is 5.84. The summed E-state index contributed by atoms with van der Waals surface area (Å²) in [5, 5.41) is 11.5. The molecule has 2 aromatic rings. The van der Waals surface area contributed by atoms with Gasteiger partial charge in [0.2, 0.25) is 0 Å². The Morgan fingerprint density at radius 1 is 1.19 bits per heavy atom. The van der Waals surface area contributed by atoms with Gasteiger partial charge in [-0.3, -0.25) is 14.6 Å². The van der Waals surface area contributed by atoms with Crippen molar-refractivity contribution in [3.05, 3.63) is 52.3 Å². The highest BCUT2D eigenvalue weighted by atomic mass is 127. The van der Waals surface area contributed by atoms with Crippen molar-refractivity contribution in [3.8, 4) is 0 Å². The number of morpholine rings is 1. The van der Waals surface area contributed by atoms with Gasteiger partial charge in [0.1, 0.15) is 0 Å². The number of hydrogen-bond donors (Lipinski definition) is 2. The molecule has 1 aromatic carbocycles. The molecule has 1 unspecified atom stereocenters. The van der Waals surface area contributed by atoms with E-state index in [2.05, 4.69) is 70.7 Å². The highest BCUT2D eigenvalue weighted by Crippen LogP contribution is 2.15. The summed E-state index contributed by atoms with van der Waals surface area (Å²) < 4.78 is 7.43. The summed E-state index contributed by atoms with van der Waals surface area (Å²) in [6.07, 6.45) is 0.916. The van der Waals surface area contributed by atoms with Crippen molar-refractivity contribution in [1.29, 1.82) is 0 Å². The van der Waals surface area contributed by atoms with Gasteiger partial charge in [0.15, 0.2) is 5.96 Å². The van der Waals surface area contributed by atoms with Gasteiger partial charge in [-0.2, -0.15) is 5.10 Å². The first-order valence-corrected chi connectivity index (χ1v) is 10.8. The number of guanidine groups is 1. The maximum Gasteiger partial charge on any atom is 0.191 e. The molecule has 0 saturated carbocycles. The molecule has 1 aromatic heterocycles. The quantitative estimate of drug-likeness (QED) is 0.321. The van der Waals surface area contributed by atoms with Crippen LogP contribution in [0.5, 0.6) is 0 Å². The van der Waals surface area contributed by atoms with E-state index in [1.165, 1.54) is 22.4 Å². The van der Waals surface area contributed by atoms with Gasteiger partial charge >= 0.3 is 0 Å². The lowest BCUT2D eigenvalue weighted by molar-refractivity contribution is 0.0341. The van der Waals surface area contributed by atoms with E-state index < -0.39 is 0 Å². The van der Waals surface area contributed by atoms with Crippen molar-refractivity contribution in [2.24, 2.45) is 12.0 Å². The molecule has 0 aliphatic carbocycles. The number of nitrogens with one attached hydrogen (secondary N) is 2. The summed E-state index contributed by atoms with van der Waals surface area (Å²) in [7, 11) is 3.82. The van der Waals surface area contributed by atoms with Crippen LogP contribution in [-0.2, 0) is 31.3 Å². The van der Waals surface area contributed by atoms with Crippen molar-refractivity contribution >= 4 is 29.9 Å². The van der Waals surface area contributed by atoms with Crippen LogP contribution >= 0.6 is 24.0 Å². The zero-order valence-corrected chi connectivity index (χ0v) is 21.8. The number of aromatic nitrogens is 2. The van der Waals surface area contributed by atoms with Gasteiger partial charge in [-0.15, -0.1) is 24.0 Å². The lowest BCUT2D eigenvalue weighted by atomic mass is 10.1. The first-order chi connectivity index (χ1) is 14.5. The SMILES string of the molecule is CN=C(NCc1ccccc1CN1CCOCC1)NC(C)Cc1c(C)nn(C)c1C.I. The van der Waals surface area contributed by atoms with Crippen LogP contribution in [0, 0.1) is 13.8 Å². The maximum atomic E-state index is 5.47. The molecule has 0 spiro atoms. The van der Waals surface area contributed by atoms with Gasteiger partial charge in [-0.25, -0.2) is 0 Å². The second-order valence-corrected chi connectivity index (χ2v) is 8.11. The number of nitrogens with zero attached hydrogens (tertiary/aromatic N) is 4. The summed E-state index contributed by atoms with van der Waals surface area (Å²) in [6.45, 7) is 11.7. The van der Waals surface area contributed by atoms with Crippen LogP contribution in [0.2, 0.25) is 0 Å². The molecular formula is C23H37IN6O. The normalized spacial score (nSPS) is 16.0. The Balaban J connectivity index is 0.00000341. The Labute approximate surface area is 203 Å². The van der Waals surface area contributed by atoms with E-state index in [4.69, 9.17) is 4.74 Å². The molecule has 2 heterocycles. The van der Waals surface area contributed by atoms with Crippen molar-refractivity contribution in [2.45, 2.75) is 46.3 Å². The third kappa shape index (κ3) is 7.18. The average molecular weight is 540 g/mol. The molecule has 1 aliphatic heterocycles. The first-order valence-electron chi connectivity index (χ1n) is 10.8. The fourth-order valence-electron chi connectivity index (χ4n) is 3.96. The van der Waals surface area contributed by atoms with E-state index in [-0.39, 0.29) is 30.0 Å². The maximum absolute atomic E-state index is 5.47. The minimum absolute atomic E-state index is 0. The van der Waals surface area contributed by atoms with Crippen LogP contribution in [0.1, 0.15) is 35.0 Å². The van der Waals surface area contributed by atoms with Crippen molar-refractivity contribution < 1.29 is 4.74 Å². The molecular weight excluding hydrogens is 503 g/mol. The second kappa shape index (κ2) is 12.4. The topological polar surface area (TPSA) is 66.7 Å². The Bertz CT molecular complexity index is 860. The van der Waals surface area contributed by atoms with Gasteiger partial charge in [0.25, 0.3) is 0 Å². The molecule has 1 fully saturated rings. The Morgan fingerprint density at radius 3 is 2.48 bits per heavy atom. The van der Waals surface area contributed by atoms with E-state index >= 15 is 0 Å². The fraction of sp³-hybridized carbons (Fsp3) is 0.565. The lowest BCUT2D eigenvalue weighted by Crippen LogP contribution is -2.43. The second-order valence-electron chi connectivity index (χ2n) is 8.11. The number of hydrogen-bond acceptors (Lipinski definition) is 4. The van der Waals surface area contributed by atoms with Gasteiger partial charge in [-0.1, -0.05) is 24.3 Å². The number of rotatable bonds is 7. The molecule has 31 heavy (non-hydrogen) atoms. The standard InChI is InChI=1S/C23H36N6O.HI/c1-17(14-22-18(2)27-28(5)19(22)3)26-23(24-4)25-15-20-8-6-7-9-21(20)16-29-10-12-30-13-11-29;/h6-9,17H,10-16H2,1-5H3,(H2,24,25,26);1H. The minimum atomic E-state index is 0. The predicted molar refractivity (Wildman–Crippen MR) is 137 cm³/mol. The summed E-state index contributed by atoms with van der Waals surface area (Å²) in [5.74, 6) is 0.822. The van der Waals surface area contributed by atoms with Gasteiger partial charge in [0.05, 0.1) is 18.9 Å². The van der Waals surface area contributed by atoms with E-state index in [1.807, 2.05) is 18.8 Å². The lowest BCUT2D eigenvalue weighted by Gasteiger charge is -2.27. The molecule has 2 N–H and O–H groups in total. The molecule has 0 amide bonds. The van der Waals surface area contributed by atoms with Crippen molar-refractivity contribution in [2.75, 3.05) is 33.4 Å². The summed E-state index contributed by atoms with van der Waals surface area (Å²) in [5.41, 5.74) is 6.30. The smallest absolute Gasteiger partial charge is 0.191 e. The monoisotopic (exact) mass is 540 g/mol. The largest absolute Gasteiger partial charge is 0.379 e. The number of ether oxygens (including phenoxy) is 1. The summed E-state index contributed by atoms with van der Waals surface area (Å²) in [6, 6.07) is 8.89. The Morgan fingerprint density at radius 2 is 1.87 bits per heavy atom. The highest BCUT2D eigenvalue weighted by Gasteiger charge is 2.15. The zero-order chi connectivity index (χ0) is 21.5. The van der Waals surface area contributed by atoms with Crippen LogP contribution in [0.4, 0.5) is 0 Å². The summed E-state index contributed by atoms with van der Waals surface area (Å²) in [4.78, 5) is 6.88. The average Bonchev–Trinajstić information content (AvgIpc) is 2.98. The van der Waals surface area contributed by atoms with Crippen molar-refractivity contribution in [3.63, 3.8) is 0 Å². The molecule has 0 bridgehead atoms. The molecule has 0 radical (unpaired) electrons. The van der Waals surface area contributed by atoms with E-state index in [0.717, 1.165) is 57.5 Å².